The first-order chi connectivity index (χ1) is 13.0. The van der Waals surface area contributed by atoms with Crippen molar-refractivity contribution in [2.75, 3.05) is 7.11 Å². The molecule has 1 aromatic heterocycles. The van der Waals surface area contributed by atoms with Gasteiger partial charge in [0.1, 0.15) is 5.75 Å². The summed E-state index contributed by atoms with van der Waals surface area (Å²) in [5.41, 5.74) is 3.78. The summed E-state index contributed by atoms with van der Waals surface area (Å²) in [7, 11) is 3.43. The fraction of sp³-hybridized carbons (Fsp3) is 0.238. The SMILES string of the molecule is COc1ccc(Cc2c(C)nc(SCc3ccc(Br)cc3)n(C)c2=O)cc1. The lowest BCUT2D eigenvalue weighted by Gasteiger charge is -2.12. The molecule has 0 aliphatic carbocycles. The Morgan fingerprint density at radius 1 is 1.07 bits per heavy atom. The molecular weight excluding hydrogens is 424 g/mol. The van der Waals surface area contributed by atoms with Crippen LogP contribution in [0.5, 0.6) is 5.75 Å². The van der Waals surface area contributed by atoms with E-state index in [9.17, 15) is 4.79 Å². The summed E-state index contributed by atoms with van der Waals surface area (Å²) in [5, 5.41) is 0.735. The third-order valence-corrected chi connectivity index (χ3v) is 6.00. The first-order valence-corrected chi connectivity index (χ1v) is 10.3. The van der Waals surface area contributed by atoms with E-state index in [4.69, 9.17) is 4.74 Å². The summed E-state index contributed by atoms with van der Waals surface area (Å²) < 4.78 is 7.89. The molecule has 3 aromatic rings. The van der Waals surface area contributed by atoms with Crippen molar-refractivity contribution in [1.82, 2.24) is 9.55 Å². The number of nitrogens with zero attached hydrogens (tertiary/aromatic N) is 2. The zero-order valence-electron chi connectivity index (χ0n) is 15.5. The lowest BCUT2D eigenvalue weighted by atomic mass is 10.1. The summed E-state index contributed by atoms with van der Waals surface area (Å²) >= 11 is 5.02. The van der Waals surface area contributed by atoms with Gasteiger partial charge >= 0.3 is 0 Å². The Morgan fingerprint density at radius 2 is 1.70 bits per heavy atom. The number of methoxy groups -OCH3 is 1. The Labute approximate surface area is 171 Å². The molecule has 6 heteroatoms. The third kappa shape index (κ3) is 4.82. The van der Waals surface area contributed by atoms with Gasteiger partial charge in [0.2, 0.25) is 0 Å². The highest BCUT2D eigenvalue weighted by Crippen LogP contribution is 2.22. The van der Waals surface area contributed by atoms with Crippen molar-refractivity contribution in [1.29, 1.82) is 0 Å². The number of hydrogen-bond acceptors (Lipinski definition) is 4. The summed E-state index contributed by atoms with van der Waals surface area (Å²) in [4.78, 5) is 17.6. The van der Waals surface area contributed by atoms with Gasteiger partial charge in [-0.25, -0.2) is 4.98 Å². The molecule has 0 atom stereocenters. The Kier molecular flexibility index (Phi) is 6.39. The number of aromatic nitrogens is 2. The van der Waals surface area contributed by atoms with Crippen LogP contribution >= 0.6 is 27.7 Å². The van der Waals surface area contributed by atoms with E-state index in [1.807, 2.05) is 43.3 Å². The predicted molar refractivity (Wildman–Crippen MR) is 114 cm³/mol. The molecule has 4 nitrogen and oxygen atoms in total. The highest BCUT2D eigenvalue weighted by molar-refractivity contribution is 9.10. The van der Waals surface area contributed by atoms with Gasteiger partial charge in [0, 0.05) is 35.0 Å². The fourth-order valence-corrected chi connectivity index (χ4v) is 3.97. The van der Waals surface area contributed by atoms with E-state index in [0.717, 1.165) is 38.0 Å². The van der Waals surface area contributed by atoms with Crippen molar-refractivity contribution in [2.24, 2.45) is 7.05 Å². The number of aryl methyl sites for hydroxylation is 1. The maximum Gasteiger partial charge on any atom is 0.257 e. The number of rotatable bonds is 6. The second-order valence-corrected chi connectivity index (χ2v) is 8.12. The van der Waals surface area contributed by atoms with Gasteiger partial charge in [0.25, 0.3) is 5.56 Å². The molecule has 1 heterocycles. The zero-order chi connectivity index (χ0) is 19.4. The van der Waals surface area contributed by atoms with Gasteiger partial charge in [-0.3, -0.25) is 9.36 Å². The van der Waals surface area contributed by atoms with E-state index in [2.05, 4.69) is 33.0 Å². The van der Waals surface area contributed by atoms with Crippen LogP contribution in [-0.2, 0) is 19.2 Å². The van der Waals surface area contributed by atoms with Gasteiger partial charge in [-0.05, 0) is 42.3 Å². The molecule has 0 saturated carbocycles. The molecule has 0 aliphatic heterocycles. The maximum atomic E-state index is 12.9. The first kappa shape index (κ1) is 19.7. The molecule has 140 valence electrons. The van der Waals surface area contributed by atoms with Crippen molar-refractivity contribution in [3.8, 4) is 5.75 Å². The van der Waals surface area contributed by atoms with Crippen LogP contribution in [0.15, 0.2) is 63.0 Å². The molecule has 3 rings (SSSR count). The highest BCUT2D eigenvalue weighted by Gasteiger charge is 2.13. The molecule has 0 bridgehead atoms. The average molecular weight is 445 g/mol. The molecule has 0 N–H and O–H groups in total. The van der Waals surface area contributed by atoms with Crippen molar-refractivity contribution in [3.63, 3.8) is 0 Å². The van der Waals surface area contributed by atoms with E-state index in [0.29, 0.717) is 6.42 Å². The quantitative estimate of drug-likeness (QED) is 0.406. The summed E-state index contributed by atoms with van der Waals surface area (Å²) in [5.74, 6) is 1.58. The van der Waals surface area contributed by atoms with Crippen molar-refractivity contribution >= 4 is 27.7 Å². The Morgan fingerprint density at radius 3 is 2.33 bits per heavy atom. The van der Waals surface area contributed by atoms with Crippen molar-refractivity contribution < 1.29 is 4.74 Å². The van der Waals surface area contributed by atoms with Crippen LogP contribution in [0.25, 0.3) is 0 Å². The normalized spacial score (nSPS) is 10.8. The standard InChI is InChI=1S/C21H21BrN2O2S/c1-14-19(12-15-6-10-18(26-3)11-7-15)20(25)24(2)21(23-14)27-13-16-4-8-17(22)9-5-16/h4-11H,12-13H2,1-3H3. The monoisotopic (exact) mass is 444 g/mol. The van der Waals surface area contributed by atoms with E-state index >= 15 is 0 Å². The van der Waals surface area contributed by atoms with E-state index in [1.54, 1.807) is 30.5 Å². The van der Waals surface area contributed by atoms with Gasteiger partial charge in [-0.1, -0.05) is 52.0 Å². The molecule has 0 spiro atoms. The summed E-state index contributed by atoms with van der Waals surface area (Å²) in [6.07, 6.45) is 0.563. The van der Waals surface area contributed by atoms with Crippen LogP contribution in [0, 0.1) is 6.92 Å². The van der Waals surface area contributed by atoms with Crippen LogP contribution in [-0.4, -0.2) is 16.7 Å². The summed E-state index contributed by atoms with van der Waals surface area (Å²) in [6, 6.07) is 16.0. The lowest BCUT2D eigenvalue weighted by Crippen LogP contribution is -2.25. The number of ether oxygens (including phenoxy) is 1. The van der Waals surface area contributed by atoms with Crippen molar-refractivity contribution in [2.45, 2.75) is 24.3 Å². The minimum Gasteiger partial charge on any atom is -0.497 e. The van der Waals surface area contributed by atoms with Crippen LogP contribution in [0.3, 0.4) is 0 Å². The van der Waals surface area contributed by atoms with E-state index in [-0.39, 0.29) is 5.56 Å². The number of halogens is 1. The number of benzene rings is 2. The molecule has 0 amide bonds. The van der Waals surface area contributed by atoms with Crippen LogP contribution in [0.2, 0.25) is 0 Å². The highest BCUT2D eigenvalue weighted by atomic mass is 79.9. The molecule has 0 unspecified atom stereocenters. The fourth-order valence-electron chi connectivity index (χ4n) is 2.74. The smallest absolute Gasteiger partial charge is 0.257 e. The second-order valence-electron chi connectivity index (χ2n) is 6.26. The molecular formula is C21H21BrN2O2S. The van der Waals surface area contributed by atoms with Gasteiger partial charge in [-0.15, -0.1) is 0 Å². The number of thioether (sulfide) groups is 1. The van der Waals surface area contributed by atoms with E-state index < -0.39 is 0 Å². The molecule has 0 radical (unpaired) electrons. The second kappa shape index (κ2) is 8.76. The van der Waals surface area contributed by atoms with Gasteiger partial charge in [0.05, 0.1) is 7.11 Å². The molecule has 0 aliphatic rings. The van der Waals surface area contributed by atoms with Gasteiger partial charge in [0.15, 0.2) is 5.16 Å². The Bertz CT molecular complexity index is 983. The van der Waals surface area contributed by atoms with Gasteiger partial charge in [-0.2, -0.15) is 0 Å². The lowest BCUT2D eigenvalue weighted by molar-refractivity contribution is 0.414. The third-order valence-electron chi connectivity index (χ3n) is 4.37. The van der Waals surface area contributed by atoms with Crippen LogP contribution < -0.4 is 10.3 Å². The molecule has 2 aromatic carbocycles. The zero-order valence-corrected chi connectivity index (χ0v) is 17.9. The Balaban J connectivity index is 1.80. The molecule has 27 heavy (non-hydrogen) atoms. The largest absolute Gasteiger partial charge is 0.497 e. The van der Waals surface area contributed by atoms with Crippen LogP contribution in [0.4, 0.5) is 0 Å². The first-order valence-electron chi connectivity index (χ1n) is 8.54. The van der Waals surface area contributed by atoms with Crippen molar-refractivity contribution in [3.05, 3.63) is 85.7 Å². The van der Waals surface area contributed by atoms with E-state index in [1.165, 1.54) is 5.56 Å². The average Bonchev–Trinajstić information content (AvgIpc) is 2.68. The van der Waals surface area contributed by atoms with Gasteiger partial charge < -0.3 is 4.74 Å². The maximum absolute atomic E-state index is 12.9. The summed E-state index contributed by atoms with van der Waals surface area (Å²) in [6.45, 7) is 1.91. The van der Waals surface area contributed by atoms with Crippen LogP contribution in [0.1, 0.15) is 22.4 Å². The molecule has 0 saturated heterocycles. The minimum absolute atomic E-state index is 0.0108. The number of hydrogen-bond donors (Lipinski definition) is 0. The molecule has 0 fully saturated rings. The Hall–Kier alpha value is -2.05. The topological polar surface area (TPSA) is 44.1 Å². The predicted octanol–water partition coefficient (Wildman–Crippen LogP) is 4.74. The minimum atomic E-state index is 0.0108.